The molecule has 0 radical (unpaired) electrons. The lowest BCUT2D eigenvalue weighted by atomic mass is 10.1. The van der Waals surface area contributed by atoms with Crippen LogP contribution in [0.2, 0.25) is 0 Å². The van der Waals surface area contributed by atoms with Gasteiger partial charge in [0.2, 0.25) is 0 Å². The van der Waals surface area contributed by atoms with E-state index in [1.807, 2.05) is 12.1 Å². The minimum atomic E-state index is -0.0862. The van der Waals surface area contributed by atoms with Gasteiger partial charge in [0.15, 0.2) is 5.82 Å². The molecular formula is C16H21N3O2. The van der Waals surface area contributed by atoms with Crippen molar-refractivity contribution in [2.24, 2.45) is 5.92 Å². The molecule has 5 nitrogen and oxygen atoms in total. The lowest BCUT2D eigenvalue weighted by Crippen LogP contribution is -2.26. The summed E-state index contributed by atoms with van der Waals surface area (Å²) in [6.45, 7) is 5.46. The lowest BCUT2D eigenvalue weighted by molar-refractivity contribution is 0.475. The molecule has 0 aliphatic carbocycles. The Hall–Kier alpha value is -2.30. The molecule has 21 heavy (non-hydrogen) atoms. The molecule has 1 heterocycles. The van der Waals surface area contributed by atoms with Gasteiger partial charge in [-0.15, -0.1) is 0 Å². The van der Waals surface area contributed by atoms with E-state index in [1.165, 1.54) is 0 Å². The highest BCUT2D eigenvalue weighted by Crippen LogP contribution is 2.10. The molecule has 0 unspecified atom stereocenters. The second-order valence-electron chi connectivity index (χ2n) is 5.47. The summed E-state index contributed by atoms with van der Waals surface area (Å²) in [6, 6.07) is 7.05. The number of nitrogens with one attached hydrogen (secondary N) is 1. The number of benzene rings is 1. The molecule has 0 amide bonds. The van der Waals surface area contributed by atoms with Crippen molar-refractivity contribution >= 4 is 5.82 Å². The number of aromatic nitrogens is 2. The molecule has 0 atom stereocenters. The van der Waals surface area contributed by atoms with Gasteiger partial charge in [0.05, 0.1) is 0 Å². The molecule has 0 spiro atoms. The van der Waals surface area contributed by atoms with Gasteiger partial charge in [-0.2, -0.15) is 0 Å². The fourth-order valence-corrected chi connectivity index (χ4v) is 2.09. The molecule has 5 heteroatoms. The highest BCUT2D eigenvalue weighted by molar-refractivity contribution is 5.32. The molecule has 112 valence electrons. The van der Waals surface area contributed by atoms with E-state index in [0.29, 0.717) is 24.8 Å². The third-order valence-corrected chi connectivity index (χ3v) is 3.12. The van der Waals surface area contributed by atoms with Gasteiger partial charge in [0.1, 0.15) is 5.75 Å². The minimum Gasteiger partial charge on any atom is -0.508 e. The number of hydrogen-bond acceptors (Lipinski definition) is 4. The number of rotatable bonds is 6. The largest absolute Gasteiger partial charge is 0.508 e. The Morgan fingerprint density at radius 2 is 2.00 bits per heavy atom. The van der Waals surface area contributed by atoms with Crippen molar-refractivity contribution < 1.29 is 5.11 Å². The van der Waals surface area contributed by atoms with Crippen LogP contribution in [-0.2, 0) is 13.0 Å². The fraction of sp³-hybridized carbons (Fsp3) is 0.375. The summed E-state index contributed by atoms with van der Waals surface area (Å²) in [4.78, 5) is 16.3. The summed E-state index contributed by atoms with van der Waals surface area (Å²) in [5.41, 5.74) is 1.01. The van der Waals surface area contributed by atoms with Crippen LogP contribution in [0.4, 0.5) is 5.82 Å². The maximum Gasteiger partial charge on any atom is 0.293 e. The van der Waals surface area contributed by atoms with Crippen LogP contribution in [0.1, 0.15) is 19.4 Å². The van der Waals surface area contributed by atoms with Gasteiger partial charge < -0.3 is 15.0 Å². The van der Waals surface area contributed by atoms with Crippen LogP contribution in [-0.4, -0.2) is 21.2 Å². The zero-order chi connectivity index (χ0) is 15.2. The molecule has 0 saturated carbocycles. The van der Waals surface area contributed by atoms with Crippen molar-refractivity contribution in [2.45, 2.75) is 26.8 Å². The first kappa shape index (κ1) is 15.1. The third-order valence-electron chi connectivity index (χ3n) is 3.12. The third kappa shape index (κ3) is 4.34. The van der Waals surface area contributed by atoms with Crippen molar-refractivity contribution in [1.29, 1.82) is 0 Å². The highest BCUT2D eigenvalue weighted by Gasteiger charge is 2.05. The predicted octanol–water partition coefficient (Wildman–Crippen LogP) is 2.26. The highest BCUT2D eigenvalue weighted by atomic mass is 16.3. The first-order valence-corrected chi connectivity index (χ1v) is 7.13. The van der Waals surface area contributed by atoms with E-state index < -0.39 is 0 Å². The summed E-state index contributed by atoms with van der Waals surface area (Å²) in [6.07, 6.45) is 4.13. The maximum atomic E-state index is 12.2. The van der Waals surface area contributed by atoms with Gasteiger partial charge in [0, 0.05) is 25.5 Å². The smallest absolute Gasteiger partial charge is 0.293 e. The van der Waals surface area contributed by atoms with Crippen molar-refractivity contribution in [3.05, 3.63) is 52.6 Å². The molecule has 2 rings (SSSR count). The van der Waals surface area contributed by atoms with E-state index in [4.69, 9.17) is 0 Å². The second-order valence-corrected chi connectivity index (χ2v) is 5.47. The van der Waals surface area contributed by atoms with Gasteiger partial charge in [-0.05, 0) is 30.0 Å². The molecule has 0 aliphatic heterocycles. The molecule has 0 fully saturated rings. The number of anilines is 1. The van der Waals surface area contributed by atoms with Gasteiger partial charge in [0.25, 0.3) is 5.56 Å². The van der Waals surface area contributed by atoms with E-state index in [9.17, 15) is 9.90 Å². The van der Waals surface area contributed by atoms with Gasteiger partial charge in [-0.25, -0.2) is 4.98 Å². The number of hydrogen-bond donors (Lipinski definition) is 2. The van der Waals surface area contributed by atoms with Crippen LogP contribution < -0.4 is 10.9 Å². The average Bonchev–Trinajstić information content (AvgIpc) is 2.44. The molecule has 1 aromatic heterocycles. The molecule has 2 aromatic rings. The first-order chi connectivity index (χ1) is 10.1. The first-order valence-electron chi connectivity index (χ1n) is 7.13. The molecule has 2 N–H and O–H groups in total. The quantitative estimate of drug-likeness (QED) is 0.855. The van der Waals surface area contributed by atoms with Crippen LogP contribution in [0, 0.1) is 5.92 Å². The Morgan fingerprint density at radius 1 is 1.29 bits per heavy atom. The van der Waals surface area contributed by atoms with Crippen LogP contribution >= 0.6 is 0 Å². The Kier molecular flexibility index (Phi) is 4.98. The second kappa shape index (κ2) is 6.92. The number of phenols is 1. The van der Waals surface area contributed by atoms with Gasteiger partial charge >= 0.3 is 0 Å². The number of nitrogens with zero attached hydrogens (tertiary/aromatic N) is 2. The summed E-state index contributed by atoms with van der Waals surface area (Å²) in [7, 11) is 0. The SMILES string of the molecule is CC(C)Cn1ccnc(NCCc2ccc(O)cc2)c1=O. The van der Waals surface area contributed by atoms with Crippen LogP contribution in [0.5, 0.6) is 5.75 Å². The molecule has 1 aromatic carbocycles. The normalized spacial score (nSPS) is 10.8. The van der Waals surface area contributed by atoms with Crippen molar-refractivity contribution in [3.8, 4) is 5.75 Å². The van der Waals surface area contributed by atoms with Crippen LogP contribution in [0.15, 0.2) is 41.5 Å². The van der Waals surface area contributed by atoms with Crippen molar-refractivity contribution in [2.75, 3.05) is 11.9 Å². The summed E-state index contributed by atoms with van der Waals surface area (Å²) < 4.78 is 1.68. The minimum absolute atomic E-state index is 0.0862. The molecule has 0 saturated heterocycles. The van der Waals surface area contributed by atoms with Crippen LogP contribution in [0.3, 0.4) is 0 Å². The molecule has 0 bridgehead atoms. The monoisotopic (exact) mass is 287 g/mol. The molecular weight excluding hydrogens is 266 g/mol. The van der Waals surface area contributed by atoms with E-state index in [0.717, 1.165) is 12.0 Å². The van der Waals surface area contributed by atoms with Crippen molar-refractivity contribution in [1.82, 2.24) is 9.55 Å². The van der Waals surface area contributed by atoms with Crippen molar-refractivity contribution in [3.63, 3.8) is 0 Å². The van der Waals surface area contributed by atoms with E-state index in [2.05, 4.69) is 24.1 Å². The van der Waals surface area contributed by atoms with E-state index in [1.54, 1.807) is 29.1 Å². The zero-order valence-electron chi connectivity index (χ0n) is 12.4. The van der Waals surface area contributed by atoms with Gasteiger partial charge in [-0.1, -0.05) is 26.0 Å². The Morgan fingerprint density at radius 3 is 2.67 bits per heavy atom. The van der Waals surface area contributed by atoms with E-state index >= 15 is 0 Å². The van der Waals surface area contributed by atoms with Crippen LogP contribution in [0.25, 0.3) is 0 Å². The topological polar surface area (TPSA) is 67.2 Å². The van der Waals surface area contributed by atoms with E-state index in [-0.39, 0.29) is 11.3 Å². The maximum absolute atomic E-state index is 12.2. The summed E-state index contributed by atoms with van der Waals surface area (Å²) in [5, 5.41) is 12.3. The zero-order valence-corrected chi connectivity index (χ0v) is 12.4. The Labute approximate surface area is 124 Å². The number of phenolic OH excluding ortho intramolecular Hbond substituents is 1. The standard InChI is InChI=1S/C16H21N3O2/c1-12(2)11-19-10-9-18-15(16(19)21)17-8-7-13-3-5-14(20)6-4-13/h3-6,9-10,12,20H,7-8,11H2,1-2H3,(H,17,18). The summed E-state index contributed by atoms with van der Waals surface area (Å²) >= 11 is 0. The summed E-state index contributed by atoms with van der Waals surface area (Å²) in [5.74, 6) is 1.06. The Balaban J connectivity index is 1.97. The average molecular weight is 287 g/mol. The lowest BCUT2D eigenvalue weighted by Gasteiger charge is -2.10. The number of aromatic hydroxyl groups is 1. The predicted molar refractivity (Wildman–Crippen MR) is 83.6 cm³/mol. The van der Waals surface area contributed by atoms with Gasteiger partial charge in [-0.3, -0.25) is 4.79 Å². The Bertz CT molecular complexity index is 633. The molecule has 0 aliphatic rings. The fourth-order valence-electron chi connectivity index (χ4n) is 2.09.